The number of halogens is 1. The summed E-state index contributed by atoms with van der Waals surface area (Å²) in [6.07, 6.45) is 1.63. The molecule has 1 heterocycles. The molecule has 2 aromatic rings. The molecule has 0 saturated heterocycles. The Balaban J connectivity index is 2.15. The molecule has 0 bridgehead atoms. The van der Waals surface area contributed by atoms with Crippen LogP contribution in [-0.2, 0) is 4.79 Å². The number of benzene rings is 1. The third kappa shape index (κ3) is 3.30. The summed E-state index contributed by atoms with van der Waals surface area (Å²) in [7, 11) is 0. The molecule has 98 valence electrons. The molecule has 1 unspecified atom stereocenters. The first-order chi connectivity index (χ1) is 9.08. The Morgan fingerprint density at radius 3 is 2.74 bits per heavy atom. The highest BCUT2D eigenvalue weighted by Crippen LogP contribution is 2.21. The third-order valence-corrected chi connectivity index (χ3v) is 2.98. The minimum Gasteiger partial charge on any atom is -0.322 e. The number of pyridine rings is 1. The summed E-state index contributed by atoms with van der Waals surface area (Å²) in [4.78, 5) is 16.0. The van der Waals surface area contributed by atoms with E-state index in [4.69, 9.17) is 17.3 Å². The highest BCUT2D eigenvalue weighted by atomic mass is 35.5. The van der Waals surface area contributed by atoms with Gasteiger partial charge in [0.05, 0.1) is 5.69 Å². The van der Waals surface area contributed by atoms with Crippen LogP contribution in [0.2, 0.25) is 5.15 Å². The van der Waals surface area contributed by atoms with E-state index in [0.717, 1.165) is 11.1 Å². The van der Waals surface area contributed by atoms with E-state index in [1.54, 1.807) is 24.4 Å². The van der Waals surface area contributed by atoms with Crippen molar-refractivity contribution in [2.24, 2.45) is 5.73 Å². The number of aromatic nitrogens is 1. The minimum atomic E-state index is -0.738. The summed E-state index contributed by atoms with van der Waals surface area (Å²) >= 11 is 5.92. The lowest BCUT2D eigenvalue weighted by molar-refractivity contribution is -0.117. The van der Waals surface area contributed by atoms with E-state index in [0.29, 0.717) is 5.69 Å². The van der Waals surface area contributed by atoms with E-state index < -0.39 is 6.04 Å². The number of amides is 1. The van der Waals surface area contributed by atoms with Crippen LogP contribution in [0.4, 0.5) is 5.69 Å². The largest absolute Gasteiger partial charge is 0.322 e. The van der Waals surface area contributed by atoms with Crippen molar-refractivity contribution in [2.75, 3.05) is 5.32 Å². The molecule has 3 N–H and O–H groups in total. The molecule has 1 aromatic heterocycles. The Morgan fingerprint density at radius 1 is 1.37 bits per heavy atom. The molecule has 0 radical (unpaired) electrons. The predicted molar refractivity (Wildman–Crippen MR) is 76.0 cm³/mol. The van der Waals surface area contributed by atoms with Gasteiger partial charge in [0.2, 0.25) is 5.91 Å². The highest BCUT2D eigenvalue weighted by Gasteiger charge is 2.16. The van der Waals surface area contributed by atoms with Gasteiger partial charge in [-0.2, -0.15) is 0 Å². The molecule has 1 amide bonds. The van der Waals surface area contributed by atoms with Gasteiger partial charge >= 0.3 is 0 Å². The predicted octanol–water partition coefficient (Wildman–Crippen LogP) is 2.68. The van der Waals surface area contributed by atoms with Gasteiger partial charge in [-0.3, -0.25) is 4.79 Å². The number of carbonyl (C=O) groups is 1. The fraction of sp³-hybridized carbons (Fsp3) is 0.143. The van der Waals surface area contributed by atoms with Crippen LogP contribution < -0.4 is 11.1 Å². The molecule has 4 nitrogen and oxygen atoms in total. The van der Waals surface area contributed by atoms with Gasteiger partial charge in [0.1, 0.15) is 6.04 Å². The van der Waals surface area contributed by atoms with Gasteiger partial charge in [-0.25, -0.2) is 4.98 Å². The van der Waals surface area contributed by atoms with Crippen LogP contribution in [0.15, 0.2) is 42.6 Å². The SMILES string of the molecule is Cc1cnc(Cl)c(NC(=O)C(N)c2ccccc2)c1. The van der Waals surface area contributed by atoms with Crippen molar-refractivity contribution in [3.8, 4) is 0 Å². The fourth-order valence-corrected chi connectivity index (χ4v) is 1.81. The van der Waals surface area contributed by atoms with Crippen LogP contribution in [0.1, 0.15) is 17.2 Å². The number of nitrogens with one attached hydrogen (secondary N) is 1. The highest BCUT2D eigenvalue weighted by molar-refractivity contribution is 6.32. The first-order valence-electron chi connectivity index (χ1n) is 5.81. The van der Waals surface area contributed by atoms with E-state index in [9.17, 15) is 4.79 Å². The molecule has 1 atom stereocenters. The molecule has 5 heteroatoms. The molecular formula is C14H14ClN3O. The Morgan fingerprint density at radius 2 is 2.05 bits per heavy atom. The van der Waals surface area contributed by atoms with Crippen molar-refractivity contribution in [1.82, 2.24) is 4.98 Å². The summed E-state index contributed by atoms with van der Waals surface area (Å²) in [5.41, 5.74) is 8.03. The van der Waals surface area contributed by atoms with Crippen LogP contribution in [0.5, 0.6) is 0 Å². The quantitative estimate of drug-likeness (QED) is 0.846. The van der Waals surface area contributed by atoms with E-state index >= 15 is 0 Å². The van der Waals surface area contributed by atoms with E-state index in [1.165, 1.54) is 0 Å². The van der Waals surface area contributed by atoms with Crippen molar-refractivity contribution in [1.29, 1.82) is 0 Å². The smallest absolute Gasteiger partial charge is 0.245 e. The Bertz CT molecular complexity index is 586. The number of aryl methyl sites for hydroxylation is 1. The second-order valence-electron chi connectivity index (χ2n) is 4.23. The van der Waals surface area contributed by atoms with E-state index in [-0.39, 0.29) is 11.1 Å². The molecule has 0 spiro atoms. The van der Waals surface area contributed by atoms with Crippen molar-refractivity contribution in [2.45, 2.75) is 13.0 Å². The van der Waals surface area contributed by atoms with Crippen LogP contribution in [0.3, 0.4) is 0 Å². The van der Waals surface area contributed by atoms with Crippen LogP contribution in [-0.4, -0.2) is 10.9 Å². The maximum atomic E-state index is 12.1. The number of nitrogens with zero attached hydrogens (tertiary/aromatic N) is 1. The fourth-order valence-electron chi connectivity index (χ4n) is 1.66. The van der Waals surface area contributed by atoms with Gasteiger partial charge < -0.3 is 11.1 Å². The lowest BCUT2D eigenvalue weighted by Gasteiger charge is -2.13. The van der Waals surface area contributed by atoms with Crippen molar-refractivity contribution >= 4 is 23.2 Å². The number of nitrogens with two attached hydrogens (primary N) is 1. The second-order valence-corrected chi connectivity index (χ2v) is 4.59. The molecule has 0 aliphatic heterocycles. The normalized spacial score (nSPS) is 11.9. The average molecular weight is 276 g/mol. The van der Waals surface area contributed by atoms with Crippen LogP contribution in [0.25, 0.3) is 0 Å². The van der Waals surface area contributed by atoms with Gasteiger partial charge in [0.15, 0.2) is 5.15 Å². The molecule has 1 aromatic carbocycles. The Hall–Kier alpha value is -1.91. The topological polar surface area (TPSA) is 68.0 Å². The van der Waals surface area contributed by atoms with Crippen molar-refractivity contribution in [3.05, 3.63) is 58.9 Å². The molecule has 2 rings (SSSR count). The summed E-state index contributed by atoms with van der Waals surface area (Å²) in [5.74, 6) is -0.319. The standard InChI is InChI=1S/C14H14ClN3O/c1-9-7-11(13(15)17-8-9)18-14(19)12(16)10-5-3-2-4-6-10/h2-8,12H,16H2,1H3,(H,18,19). The monoisotopic (exact) mass is 275 g/mol. The zero-order valence-corrected chi connectivity index (χ0v) is 11.2. The van der Waals surface area contributed by atoms with Crippen molar-refractivity contribution < 1.29 is 4.79 Å². The first-order valence-corrected chi connectivity index (χ1v) is 6.19. The number of carbonyl (C=O) groups excluding carboxylic acids is 1. The lowest BCUT2D eigenvalue weighted by atomic mass is 10.1. The van der Waals surface area contributed by atoms with Gasteiger partial charge in [0.25, 0.3) is 0 Å². The zero-order chi connectivity index (χ0) is 13.8. The lowest BCUT2D eigenvalue weighted by Crippen LogP contribution is -2.27. The van der Waals surface area contributed by atoms with Crippen molar-refractivity contribution in [3.63, 3.8) is 0 Å². The van der Waals surface area contributed by atoms with Gasteiger partial charge in [0, 0.05) is 6.20 Å². The van der Waals surface area contributed by atoms with E-state index in [1.807, 2.05) is 25.1 Å². The summed E-state index contributed by atoms with van der Waals surface area (Å²) in [6, 6.07) is 10.2. The van der Waals surface area contributed by atoms with E-state index in [2.05, 4.69) is 10.3 Å². The third-order valence-electron chi connectivity index (χ3n) is 2.67. The first kappa shape index (κ1) is 13.5. The molecule has 0 aliphatic rings. The number of anilines is 1. The molecule has 0 saturated carbocycles. The Kier molecular flexibility index (Phi) is 4.14. The molecule has 0 aliphatic carbocycles. The van der Waals surface area contributed by atoms with Crippen LogP contribution >= 0.6 is 11.6 Å². The summed E-state index contributed by atoms with van der Waals surface area (Å²) in [5, 5.41) is 2.94. The van der Waals surface area contributed by atoms with Gasteiger partial charge in [-0.1, -0.05) is 41.9 Å². The molecule has 19 heavy (non-hydrogen) atoms. The summed E-state index contributed by atoms with van der Waals surface area (Å²) < 4.78 is 0. The van der Waals surface area contributed by atoms with Gasteiger partial charge in [-0.05, 0) is 24.1 Å². The second kappa shape index (κ2) is 5.82. The van der Waals surface area contributed by atoms with Gasteiger partial charge in [-0.15, -0.1) is 0 Å². The summed E-state index contributed by atoms with van der Waals surface area (Å²) in [6.45, 7) is 1.87. The zero-order valence-electron chi connectivity index (χ0n) is 10.4. The Labute approximate surface area is 116 Å². The maximum Gasteiger partial charge on any atom is 0.245 e. The minimum absolute atomic E-state index is 0.249. The average Bonchev–Trinajstić information content (AvgIpc) is 2.43. The molecule has 0 fully saturated rings. The maximum absolute atomic E-state index is 12.1. The molecular weight excluding hydrogens is 262 g/mol. The van der Waals surface area contributed by atoms with Crippen LogP contribution in [0, 0.1) is 6.92 Å². The number of hydrogen-bond acceptors (Lipinski definition) is 3. The number of hydrogen-bond donors (Lipinski definition) is 2. The number of rotatable bonds is 3.